The number of halogens is 1. The molecule has 15 heavy (non-hydrogen) atoms. The summed E-state index contributed by atoms with van der Waals surface area (Å²) in [6, 6.07) is -1.30. The van der Waals surface area contributed by atoms with Crippen LogP contribution >= 0.6 is 0 Å². The zero-order valence-electron chi connectivity index (χ0n) is 8.02. The summed E-state index contributed by atoms with van der Waals surface area (Å²) in [6.45, 7) is 2.94. The lowest BCUT2D eigenvalue weighted by atomic mass is 9.98. The first kappa shape index (κ1) is 11.5. The highest BCUT2D eigenvalue weighted by Crippen LogP contribution is 2.33. The van der Waals surface area contributed by atoms with Crippen LogP contribution < -0.4 is 0 Å². The molecule has 0 bridgehead atoms. The Morgan fingerprint density at radius 2 is 2.20 bits per heavy atom. The molecule has 1 aliphatic rings. The summed E-state index contributed by atoms with van der Waals surface area (Å²) >= 11 is 0. The summed E-state index contributed by atoms with van der Waals surface area (Å²) in [5, 5.41) is 17.4. The van der Waals surface area contributed by atoms with Gasteiger partial charge in [0.1, 0.15) is 11.7 Å². The SMILES string of the molecule is C=CCC1(F)CC(C(=O)O)N(C(=O)O)C1. The van der Waals surface area contributed by atoms with Gasteiger partial charge in [-0.3, -0.25) is 4.90 Å². The molecule has 1 amide bonds. The summed E-state index contributed by atoms with van der Waals surface area (Å²) in [6.07, 6.45) is -0.447. The van der Waals surface area contributed by atoms with Crippen LogP contribution in [0.4, 0.5) is 9.18 Å². The van der Waals surface area contributed by atoms with Gasteiger partial charge in [-0.2, -0.15) is 0 Å². The average molecular weight is 217 g/mol. The average Bonchev–Trinajstić information content (AvgIpc) is 2.44. The van der Waals surface area contributed by atoms with E-state index in [0.29, 0.717) is 4.90 Å². The van der Waals surface area contributed by atoms with Gasteiger partial charge in [0.2, 0.25) is 0 Å². The maximum atomic E-state index is 13.9. The third-order valence-electron chi connectivity index (χ3n) is 2.43. The second-order valence-electron chi connectivity index (χ2n) is 3.61. The number of carboxylic acids is 1. The fourth-order valence-electron chi connectivity index (χ4n) is 1.76. The summed E-state index contributed by atoms with van der Waals surface area (Å²) in [4.78, 5) is 22.0. The van der Waals surface area contributed by atoms with E-state index in [2.05, 4.69) is 6.58 Å². The summed E-state index contributed by atoms with van der Waals surface area (Å²) in [5.41, 5.74) is -1.80. The van der Waals surface area contributed by atoms with Gasteiger partial charge in [-0.05, 0) is 0 Å². The van der Waals surface area contributed by atoms with E-state index in [1.54, 1.807) is 0 Å². The first-order valence-corrected chi connectivity index (χ1v) is 4.42. The Bertz CT molecular complexity index is 282. The summed E-state index contributed by atoms with van der Waals surface area (Å²) in [5.74, 6) is -1.32. The van der Waals surface area contributed by atoms with Crippen molar-refractivity contribution in [3.05, 3.63) is 12.7 Å². The van der Waals surface area contributed by atoms with Crippen LogP contribution in [-0.4, -0.2) is 45.4 Å². The Balaban J connectivity index is 2.86. The van der Waals surface area contributed by atoms with E-state index < -0.39 is 30.3 Å². The number of hydrogen-bond donors (Lipinski definition) is 2. The van der Waals surface area contributed by atoms with Crippen molar-refractivity contribution in [2.75, 3.05) is 6.54 Å². The van der Waals surface area contributed by atoms with Gasteiger partial charge in [0.05, 0.1) is 6.54 Å². The third-order valence-corrected chi connectivity index (χ3v) is 2.43. The molecule has 0 aliphatic carbocycles. The standard InChI is InChI=1S/C9H12FNO4/c1-2-3-9(10)4-6(7(12)13)11(5-9)8(14)15/h2,6H,1,3-5H2,(H,12,13)(H,14,15). The van der Waals surface area contributed by atoms with Crippen LogP contribution in [0.15, 0.2) is 12.7 Å². The van der Waals surface area contributed by atoms with Crippen LogP contribution in [0.1, 0.15) is 12.8 Å². The molecule has 1 rings (SSSR count). The van der Waals surface area contributed by atoms with E-state index in [4.69, 9.17) is 10.2 Å². The number of hydrogen-bond acceptors (Lipinski definition) is 2. The van der Waals surface area contributed by atoms with E-state index >= 15 is 0 Å². The molecule has 1 saturated heterocycles. The van der Waals surface area contributed by atoms with Gasteiger partial charge < -0.3 is 10.2 Å². The monoisotopic (exact) mass is 217 g/mol. The normalized spacial score (nSPS) is 30.2. The van der Waals surface area contributed by atoms with E-state index in [0.717, 1.165) is 0 Å². The zero-order valence-corrected chi connectivity index (χ0v) is 8.02. The molecule has 1 aliphatic heterocycles. The van der Waals surface area contributed by atoms with Crippen molar-refractivity contribution < 1.29 is 24.2 Å². The minimum absolute atomic E-state index is 0.0411. The Morgan fingerprint density at radius 1 is 1.60 bits per heavy atom. The quantitative estimate of drug-likeness (QED) is 0.694. The lowest BCUT2D eigenvalue weighted by Gasteiger charge is -2.17. The second kappa shape index (κ2) is 3.88. The van der Waals surface area contributed by atoms with Gasteiger partial charge in [-0.15, -0.1) is 6.58 Å². The summed E-state index contributed by atoms with van der Waals surface area (Å²) in [7, 11) is 0. The molecule has 84 valence electrons. The predicted octanol–water partition coefficient (Wildman–Crippen LogP) is 1.11. The van der Waals surface area contributed by atoms with Gasteiger partial charge in [-0.1, -0.05) is 6.08 Å². The Kier molecular flexibility index (Phi) is 2.97. The second-order valence-corrected chi connectivity index (χ2v) is 3.61. The first-order chi connectivity index (χ1) is 6.89. The molecular weight excluding hydrogens is 205 g/mol. The minimum atomic E-state index is -1.80. The van der Waals surface area contributed by atoms with Gasteiger partial charge in [0.15, 0.2) is 0 Å². The lowest BCUT2D eigenvalue weighted by Crippen LogP contribution is -2.39. The van der Waals surface area contributed by atoms with Crippen LogP contribution in [0.2, 0.25) is 0 Å². The van der Waals surface area contributed by atoms with Crippen LogP contribution in [0.3, 0.4) is 0 Å². The number of carboxylic acid groups (broad SMARTS) is 2. The molecule has 2 unspecified atom stereocenters. The molecule has 0 aromatic carbocycles. The van der Waals surface area contributed by atoms with Crippen molar-refractivity contribution in [3.63, 3.8) is 0 Å². The molecule has 0 spiro atoms. The number of amides is 1. The Labute approximate surface area is 85.8 Å². The molecule has 2 atom stereocenters. The van der Waals surface area contributed by atoms with E-state index in [1.165, 1.54) is 6.08 Å². The lowest BCUT2D eigenvalue weighted by molar-refractivity contribution is -0.141. The van der Waals surface area contributed by atoms with E-state index in [9.17, 15) is 14.0 Å². The molecule has 0 aromatic rings. The third kappa shape index (κ3) is 2.26. The molecule has 2 N–H and O–H groups in total. The fraction of sp³-hybridized carbons (Fsp3) is 0.556. The number of carbonyl (C=O) groups is 2. The highest BCUT2D eigenvalue weighted by Gasteiger charge is 2.48. The van der Waals surface area contributed by atoms with Gasteiger partial charge in [0, 0.05) is 12.8 Å². The summed E-state index contributed by atoms with van der Waals surface area (Å²) < 4.78 is 13.9. The molecule has 0 radical (unpaired) electrons. The number of alkyl halides is 1. The highest BCUT2D eigenvalue weighted by atomic mass is 19.1. The number of rotatable bonds is 3. The van der Waals surface area contributed by atoms with Crippen molar-refractivity contribution in [3.8, 4) is 0 Å². The molecule has 0 saturated carbocycles. The molecule has 0 aromatic heterocycles. The number of allylic oxidation sites excluding steroid dienone is 1. The molecule has 6 heteroatoms. The number of nitrogens with zero attached hydrogens (tertiary/aromatic N) is 1. The molecule has 5 nitrogen and oxygen atoms in total. The van der Waals surface area contributed by atoms with Crippen LogP contribution in [0.25, 0.3) is 0 Å². The fourth-order valence-corrected chi connectivity index (χ4v) is 1.76. The largest absolute Gasteiger partial charge is 0.480 e. The maximum absolute atomic E-state index is 13.9. The van der Waals surface area contributed by atoms with E-state index in [1.807, 2.05) is 0 Å². The molecular formula is C9H12FNO4. The van der Waals surface area contributed by atoms with Gasteiger partial charge in [-0.25, -0.2) is 14.0 Å². The first-order valence-electron chi connectivity index (χ1n) is 4.42. The van der Waals surface area contributed by atoms with E-state index in [-0.39, 0.29) is 12.8 Å². The van der Waals surface area contributed by atoms with Crippen molar-refractivity contribution in [2.24, 2.45) is 0 Å². The number of aliphatic carboxylic acids is 1. The van der Waals surface area contributed by atoms with Crippen molar-refractivity contribution >= 4 is 12.1 Å². The van der Waals surface area contributed by atoms with Crippen LogP contribution in [-0.2, 0) is 4.79 Å². The Hall–Kier alpha value is -1.59. The highest BCUT2D eigenvalue weighted by molar-refractivity contribution is 5.80. The molecule has 1 fully saturated rings. The Morgan fingerprint density at radius 3 is 2.53 bits per heavy atom. The maximum Gasteiger partial charge on any atom is 0.408 e. The topological polar surface area (TPSA) is 77.8 Å². The van der Waals surface area contributed by atoms with Gasteiger partial charge in [0.25, 0.3) is 0 Å². The zero-order chi connectivity index (χ0) is 11.6. The van der Waals surface area contributed by atoms with Gasteiger partial charge >= 0.3 is 12.1 Å². The van der Waals surface area contributed by atoms with Crippen molar-refractivity contribution in [1.82, 2.24) is 4.90 Å². The molecule has 1 heterocycles. The van der Waals surface area contributed by atoms with Crippen LogP contribution in [0, 0.1) is 0 Å². The number of likely N-dealkylation sites (tertiary alicyclic amines) is 1. The van der Waals surface area contributed by atoms with Crippen molar-refractivity contribution in [2.45, 2.75) is 24.6 Å². The van der Waals surface area contributed by atoms with Crippen molar-refractivity contribution in [1.29, 1.82) is 0 Å². The van der Waals surface area contributed by atoms with Crippen LogP contribution in [0.5, 0.6) is 0 Å². The minimum Gasteiger partial charge on any atom is -0.480 e. The smallest absolute Gasteiger partial charge is 0.408 e. The predicted molar refractivity (Wildman–Crippen MR) is 49.4 cm³/mol.